The highest BCUT2D eigenvalue weighted by Crippen LogP contribution is 2.19. The highest BCUT2D eigenvalue weighted by atomic mass is 19.1. The maximum atomic E-state index is 13.9. The van der Waals surface area contributed by atoms with Gasteiger partial charge in [-0.25, -0.2) is 9.07 Å². The smallest absolute Gasteiger partial charge is 0.266 e. The van der Waals surface area contributed by atoms with Crippen LogP contribution < -0.4 is 10.3 Å². The number of ether oxygens (including phenoxy) is 1. The van der Waals surface area contributed by atoms with E-state index in [1.165, 1.54) is 22.9 Å². The average molecular weight is 335 g/mol. The third kappa shape index (κ3) is 3.90. The third-order valence-electron chi connectivity index (χ3n) is 3.55. The molecular weight excluding hydrogens is 321 g/mol. The zero-order valence-electron chi connectivity index (χ0n) is 13.2. The van der Waals surface area contributed by atoms with E-state index < -0.39 is 5.82 Å². The van der Waals surface area contributed by atoms with Crippen LogP contribution in [0.5, 0.6) is 5.75 Å². The molecular formula is C19H14FN3O2. The van der Waals surface area contributed by atoms with Crippen molar-refractivity contribution in [3.63, 3.8) is 0 Å². The molecule has 0 atom stereocenters. The van der Waals surface area contributed by atoms with Gasteiger partial charge in [0.1, 0.15) is 18.2 Å². The van der Waals surface area contributed by atoms with Gasteiger partial charge in [0.05, 0.1) is 23.9 Å². The summed E-state index contributed by atoms with van der Waals surface area (Å²) in [5.74, 6) is 0.141. The van der Waals surface area contributed by atoms with Crippen LogP contribution in [-0.4, -0.2) is 16.4 Å². The molecule has 0 N–H and O–H groups in total. The second-order valence-corrected chi connectivity index (χ2v) is 5.25. The van der Waals surface area contributed by atoms with Gasteiger partial charge < -0.3 is 4.74 Å². The summed E-state index contributed by atoms with van der Waals surface area (Å²) in [4.78, 5) is 11.9. The first-order valence-electron chi connectivity index (χ1n) is 7.63. The zero-order valence-corrected chi connectivity index (χ0v) is 13.2. The second kappa shape index (κ2) is 7.41. The molecule has 0 aliphatic rings. The number of halogens is 1. The summed E-state index contributed by atoms with van der Waals surface area (Å²) in [6.45, 7) is 0.403. The van der Waals surface area contributed by atoms with Crippen LogP contribution in [0.25, 0.3) is 11.3 Å². The lowest BCUT2D eigenvalue weighted by molar-refractivity contribution is 0.288. The van der Waals surface area contributed by atoms with Gasteiger partial charge >= 0.3 is 0 Å². The molecule has 3 aromatic rings. The lowest BCUT2D eigenvalue weighted by atomic mass is 10.1. The Morgan fingerprint density at radius 3 is 2.76 bits per heavy atom. The van der Waals surface area contributed by atoms with Crippen LogP contribution >= 0.6 is 0 Å². The van der Waals surface area contributed by atoms with E-state index in [1.54, 1.807) is 42.5 Å². The second-order valence-electron chi connectivity index (χ2n) is 5.25. The molecule has 25 heavy (non-hydrogen) atoms. The Kier molecular flexibility index (Phi) is 4.86. The van der Waals surface area contributed by atoms with Crippen LogP contribution in [0, 0.1) is 17.1 Å². The van der Waals surface area contributed by atoms with Gasteiger partial charge in [0.15, 0.2) is 0 Å². The summed E-state index contributed by atoms with van der Waals surface area (Å²) >= 11 is 0. The van der Waals surface area contributed by atoms with Gasteiger partial charge in [0, 0.05) is 11.6 Å². The quantitative estimate of drug-likeness (QED) is 0.719. The molecule has 1 aromatic heterocycles. The number of nitriles is 1. The van der Waals surface area contributed by atoms with Crippen molar-refractivity contribution in [3.05, 3.63) is 82.4 Å². The Labute approximate surface area is 143 Å². The molecule has 0 aliphatic carbocycles. The highest BCUT2D eigenvalue weighted by molar-refractivity contribution is 5.58. The van der Waals surface area contributed by atoms with Gasteiger partial charge in [0.25, 0.3) is 5.56 Å². The number of aromatic nitrogens is 2. The zero-order chi connectivity index (χ0) is 17.6. The molecule has 0 aliphatic heterocycles. The van der Waals surface area contributed by atoms with Crippen LogP contribution in [0.1, 0.15) is 5.56 Å². The van der Waals surface area contributed by atoms with Gasteiger partial charge in [-0.3, -0.25) is 4.79 Å². The number of hydrogen-bond acceptors (Lipinski definition) is 4. The van der Waals surface area contributed by atoms with E-state index in [1.807, 2.05) is 6.07 Å². The fourth-order valence-corrected chi connectivity index (χ4v) is 2.33. The van der Waals surface area contributed by atoms with Gasteiger partial charge in [-0.05, 0) is 36.4 Å². The molecule has 6 heteroatoms. The molecule has 0 saturated heterocycles. The van der Waals surface area contributed by atoms with Gasteiger partial charge in [0.2, 0.25) is 0 Å². The topological polar surface area (TPSA) is 67.9 Å². The van der Waals surface area contributed by atoms with Crippen molar-refractivity contribution in [3.8, 4) is 23.1 Å². The maximum Gasteiger partial charge on any atom is 0.266 e. The summed E-state index contributed by atoms with van der Waals surface area (Å²) in [6, 6.07) is 17.9. The fraction of sp³-hybridized carbons (Fsp3) is 0.105. The first-order valence-corrected chi connectivity index (χ1v) is 7.63. The highest BCUT2D eigenvalue weighted by Gasteiger charge is 2.08. The monoisotopic (exact) mass is 335 g/mol. The van der Waals surface area contributed by atoms with Crippen molar-refractivity contribution >= 4 is 0 Å². The Bertz CT molecular complexity index is 992. The van der Waals surface area contributed by atoms with E-state index in [0.717, 1.165) is 0 Å². The third-order valence-corrected chi connectivity index (χ3v) is 3.55. The molecule has 0 amide bonds. The molecule has 5 nitrogen and oxygen atoms in total. The van der Waals surface area contributed by atoms with E-state index in [0.29, 0.717) is 22.6 Å². The lowest BCUT2D eigenvalue weighted by Crippen LogP contribution is -2.25. The van der Waals surface area contributed by atoms with Gasteiger partial charge in [-0.1, -0.05) is 18.2 Å². The van der Waals surface area contributed by atoms with Crippen molar-refractivity contribution in [1.29, 1.82) is 5.26 Å². The summed E-state index contributed by atoms with van der Waals surface area (Å²) < 4.78 is 20.7. The summed E-state index contributed by atoms with van der Waals surface area (Å²) in [6.07, 6.45) is 0. The minimum absolute atomic E-state index is 0.197. The molecule has 0 bridgehead atoms. The summed E-state index contributed by atoms with van der Waals surface area (Å²) in [5, 5.41) is 13.1. The SMILES string of the molecule is N#Cc1cccc(OCCn2nc(-c3ccccc3F)ccc2=O)c1. The normalized spacial score (nSPS) is 10.2. The molecule has 0 unspecified atom stereocenters. The maximum absolute atomic E-state index is 13.9. The lowest BCUT2D eigenvalue weighted by Gasteiger charge is -2.09. The number of benzene rings is 2. The average Bonchev–Trinajstić information content (AvgIpc) is 2.64. The van der Waals surface area contributed by atoms with E-state index in [-0.39, 0.29) is 18.7 Å². The van der Waals surface area contributed by atoms with Crippen molar-refractivity contribution in [2.24, 2.45) is 0 Å². The van der Waals surface area contributed by atoms with E-state index in [2.05, 4.69) is 5.10 Å². The Morgan fingerprint density at radius 2 is 1.96 bits per heavy atom. The van der Waals surface area contributed by atoms with Crippen molar-refractivity contribution in [2.75, 3.05) is 6.61 Å². The van der Waals surface area contributed by atoms with Crippen molar-refractivity contribution in [2.45, 2.75) is 6.54 Å². The predicted molar refractivity (Wildman–Crippen MR) is 90.5 cm³/mol. The van der Waals surface area contributed by atoms with E-state index >= 15 is 0 Å². The number of nitrogens with zero attached hydrogens (tertiary/aromatic N) is 3. The molecule has 0 saturated carbocycles. The van der Waals surface area contributed by atoms with E-state index in [4.69, 9.17) is 10.00 Å². The van der Waals surface area contributed by atoms with Crippen molar-refractivity contribution < 1.29 is 9.13 Å². The molecule has 124 valence electrons. The first-order chi connectivity index (χ1) is 12.2. The van der Waals surface area contributed by atoms with Gasteiger partial charge in [-0.2, -0.15) is 10.4 Å². The molecule has 0 spiro atoms. The first kappa shape index (κ1) is 16.4. The van der Waals surface area contributed by atoms with Gasteiger partial charge in [-0.15, -0.1) is 0 Å². The predicted octanol–water partition coefficient (Wildman–Crippen LogP) is 3.00. The number of hydrogen-bond donors (Lipinski definition) is 0. The summed E-state index contributed by atoms with van der Waals surface area (Å²) in [7, 11) is 0. The molecule has 2 aromatic carbocycles. The van der Waals surface area contributed by atoms with Crippen LogP contribution in [-0.2, 0) is 6.54 Å². The Balaban J connectivity index is 1.74. The van der Waals surface area contributed by atoms with E-state index in [9.17, 15) is 9.18 Å². The summed E-state index contributed by atoms with van der Waals surface area (Å²) in [5.41, 5.74) is 0.909. The van der Waals surface area contributed by atoms with Crippen LogP contribution in [0.3, 0.4) is 0 Å². The van der Waals surface area contributed by atoms with Crippen LogP contribution in [0.15, 0.2) is 65.5 Å². The molecule has 0 radical (unpaired) electrons. The fourth-order valence-electron chi connectivity index (χ4n) is 2.33. The largest absolute Gasteiger partial charge is 0.492 e. The van der Waals surface area contributed by atoms with Crippen LogP contribution in [0.2, 0.25) is 0 Å². The standard InChI is InChI=1S/C19H14FN3O2/c20-17-7-2-1-6-16(17)18-8-9-19(24)23(22-18)10-11-25-15-5-3-4-14(12-15)13-21/h1-9,12H,10-11H2. The Morgan fingerprint density at radius 1 is 1.12 bits per heavy atom. The van der Waals surface area contributed by atoms with Crippen LogP contribution in [0.4, 0.5) is 4.39 Å². The minimum atomic E-state index is -0.398. The van der Waals surface area contributed by atoms with Crippen molar-refractivity contribution in [1.82, 2.24) is 9.78 Å². The minimum Gasteiger partial charge on any atom is -0.492 e. The molecule has 3 rings (SSSR count). The molecule has 0 fully saturated rings. The molecule has 1 heterocycles. The Hall–Kier alpha value is -3.46. The number of rotatable bonds is 5.